The number of likely N-dealkylation sites (N-methyl/N-ethyl adjacent to an activating group) is 1. The van der Waals surface area contributed by atoms with Gasteiger partial charge in [-0.05, 0) is 33.0 Å². The summed E-state index contributed by atoms with van der Waals surface area (Å²) in [6, 6.07) is 7.86. The van der Waals surface area contributed by atoms with E-state index in [9.17, 15) is 4.79 Å². The average Bonchev–Trinajstić information content (AvgIpc) is 3.02. The second-order valence-corrected chi connectivity index (χ2v) is 7.01. The average molecular weight is 343 g/mol. The van der Waals surface area contributed by atoms with Gasteiger partial charge in [-0.3, -0.25) is 14.4 Å². The van der Waals surface area contributed by atoms with Crippen molar-refractivity contribution < 1.29 is 4.79 Å². The zero-order valence-corrected chi connectivity index (χ0v) is 15.1. The Morgan fingerprint density at radius 1 is 1.33 bits per heavy atom. The normalized spacial score (nSPS) is 11.4. The molecule has 3 aromatic rings. The number of aryl methyl sites for hydroxylation is 2. The molecular weight excluding hydrogens is 322 g/mol. The molecule has 0 saturated heterocycles. The molecule has 126 valence electrons. The summed E-state index contributed by atoms with van der Waals surface area (Å²) in [5, 5.41) is 7.95. The van der Waals surface area contributed by atoms with Gasteiger partial charge in [-0.15, -0.1) is 0 Å². The Hall–Kier alpha value is -2.25. The van der Waals surface area contributed by atoms with Crippen LogP contribution in [0.5, 0.6) is 0 Å². The smallest absolute Gasteiger partial charge is 0.240 e. The van der Waals surface area contributed by atoms with Gasteiger partial charge in [-0.2, -0.15) is 5.10 Å². The van der Waals surface area contributed by atoms with E-state index in [2.05, 4.69) is 15.4 Å². The van der Waals surface area contributed by atoms with Gasteiger partial charge in [0, 0.05) is 24.8 Å². The van der Waals surface area contributed by atoms with Crippen LogP contribution in [-0.2, 0) is 18.4 Å². The number of carbonyl (C=O) groups excluding carboxylic acids is 1. The molecule has 0 aliphatic rings. The highest BCUT2D eigenvalue weighted by molar-refractivity contribution is 7.22. The summed E-state index contributed by atoms with van der Waals surface area (Å²) in [6.45, 7) is 5.05. The minimum absolute atomic E-state index is 0.0595. The van der Waals surface area contributed by atoms with Crippen molar-refractivity contribution in [1.82, 2.24) is 19.7 Å². The summed E-state index contributed by atoms with van der Waals surface area (Å²) in [7, 11) is 3.87. The molecule has 0 aliphatic heterocycles. The molecule has 0 fully saturated rings. The summed E-state index contributed by atoms with van der Waals surface area (Å²) in [6.07, 6.45) is 0. The highest BCUT2D eigenvalue weighted by atomic mass is 32.1. The Labute approximate surface area is 145 Å². The summed E-state index contributed by atoms with van der Waals surface area (Å²) in [5.74, 6) is -0.0595. The van der Waals surface area contributed by atoms with Crippen LogP contribution in [0.25, 0.3) is 10.2 Å². The van der Waals surface area contributed by atoms with Crippen LogP contribution in [-0.4, -0.2) is 39.2 Å². The largest absolute Gasteiger partial charge is 0.301 e. The summed E-state index contributed by atoms with van der Waals surface area (Å²) >= 11 is 1.49. The number of nitrogens with one attached hydrogen (secondary N) is 1. The van der Waals surface area contributed by atoms with Crippen molar-refractivity contribution in [2.75, 3.05) is 18.9 Å². The van der Waals surface area contributed by atoms with Gasteiger partial charge in [0.1, 0.15) is 0 Å². The highest BCUT2D eigenvalue weighted by Gasteiger charge is 2.14. The predicted molar refractivity (Wildman–Crippen MR) is 97.3 cm³/mol. The van der Waals surface area contributed by atoms with Crippen LogP contribution in [0.4, 0.5) is 5.13 Å². The SMILES string of the molecule is Cc1nn(C)c(C)c1CN(C)CC(=O)Nc1nc2ccccc2s1. The topological polar surface area (TPSA) is 63.1 Å². The van der Waals surface area contributed by atoms with E-state index in [1.54, 1.807) is 0 Å². The molecule has 0 aliphatic carbocycles. The van der Waals surface area contributed by atoms with Crippen molar-refractivity contribution in [3.05, 3.63) is 41.2 Å². The van der Waals surface area contributed by atoms with Crippen LogP contribution in [0.15, 0.2) is 24.3 Å². The van der Waals surface area contributed by atoms with Gasteiger partial charge in [0.25, 0.3) is 0 Å². The zero-order valence-electron chi connectivity index (χ0n) is 14.3. The summed E-state index contributed by atoms with van der Waals surface area (Å²) in [4.78, 5) is 18.7. The van der Waals surface area contributed by atoms with Gasteiger partial charge < -0.3 is 5.32 Å². The minimum Gasteiger partial charge on any atom is -0.301 e. The lowest BCUT2D eigenvalue weighted by Crippen LogP contribution is -2.30. The van der Waals surface area contributed by atoms with Crippen molar-refractivity contribution in [2.45, 2.75) is 20.4 Å². The van der Waals surface area contributed by atoms with E-state index in [1.807, 2.05) is 61.8 Å². The van der Waals surface area contributed by atoms with Gasteiger partial charge in [0.05, 0.1) is 22.5 Å². The first-order chi connectivity index (χ1) is 11.4. The number of para-hydroxylation sites is 1. The van der Waals surface area contributed by atoms with E-state index >= 15 is 0 Å². The molecule has 2 aromatic heterocycles. The molecular formula is C17H21N5OS. The number of rotatable bonds is 5. The van der Waals surface area contributed by atoms with Crippen LogP contribution in [0.3, 0.4) is 0 Å². The standard InChI is InChI=1S/C17H21N5OS/c1-11-13(12(2)22(4)20-11)9-21(3)10-16(23)19-17-18-14-7-5-6-8-15(14)24-17/h5-8H,9-10H2,1-4H3,(H,18,19,23). The molecule has 0 radical (unpaired) electrons. The Balaban J connectivity index is 1.61. The van der Waals surface area contributed by atoms with Crippen LogP contribution >= 0.6 is 11.3 Å². The Kier molecular flexibility index (Phi) is 4.64. The molecule has 0 bridgehead atoms. The van der Waals surface area contributed by atoms with Crippen molar-refractivity contribution >= 4 is 32.6 Å². The van der Waals surface area contributed by atoms with Crippen molar-refractivity contribution in [1.29, 1.82) is 0 Å². The van der Waals surface area contributed by atoms with E-state index in [0.717, 1.165) is 21.6 Å². The fourth-order valence-electron chi connectivity index (χ4n) is 2.70. The van der Waals surface area contributed by atoms with Crippen LogP contribution in [0, 0.1) is 13.8 Å². The van der Waals surface area contributed by atoms with E-state index in [-0.39, 0.29) is 5.91 Å². The molecule has 0 spiro atoms. The summed E-state index contributed by atoms with van der Waals surface area (Å²) < 4.78 is 2.95. The third kappa shape index (κ3) is 3.47. The Morgan fingerprint density at radius 3 is 2.75 bits per heavy atom. The first-order valence-electron chi connectivity index (χ1n) is 7.77. The quantitative estimate of drug-likeness (QED) is 0.774. The Morgan fingerprint density at radius 2 is 2.08 bits per heavy atom. The third-order valence-corrected chi connectivity index (χ3v) is 4.99. The van der Waals surface area contributed by atoms with Gasteiger partial charge in [-0.1, -0.05) is 23.5 Å². The van der Waals surface area contributed by atoms with Crippen molar-refractivity contribution in [3.8, 4) is 0 Å². The summed E-state index contributed by atoms with van der Waals surface area (Å²) in [5.41, 5.74) is 4.22. The number of hydrogen-bond donors (Lipinski definition) is 1. The van der Waals surface area contributed by atoms with Gasteiger partial charge >= 0.3 is 0 Å². The molecule has 0 atom stereocenters. The molecule has 0 saturated carbocycles. The maximum absolute atomic E-state index is 12.3. The lowest BCUT2D eigenvalue weighted by Gasteiger charge is -2.16. The van der Waals surface area contributed by atoms with E-state index in [0.29, 0.717) is 18.2 Å². The maximum Gasteiger partial charge on any atom is 0.240 e. The first-order valence-corrected chi connectivity index (χ1v) is 8.58. The second-order valence-electron chi connectivity index (χ2n) is 5.98. The highest BCUT2D eigenvalue weighted by Crippen LogP contribution is 2.25. The molecule has 3 rings (SSSR count). The molecule has 2 heterocycles. The third-order valence-electron chi connectivity index (χ3n) is 4.04. The Bertz CT molecular complexity index is 849. The van der Waals surface area contributed by atoms with Crippen LogP contribution in [0.1, 0.15) is 17.0 Å². The van der Waals surface area contributed by atoms with Crippen molar-refractivity contribution in [3.63, 3.8) is 0 Å². The fourth-order valence-corrected chi connectivity index (χ4v) is 3.58. The number of benzene rings is 1. The molecule has 1 amide bonds. The molecule has 1 N–H and O–H groups in total. The molecule has 0 unspecified atom stereocenters. The fraction of sp³-hybridized carbons (Fsp3) is 0.353. The monoisotopic (exact) mass is 343 g/mol. The number of thiazole rings is 1. The maximum atomic E-state index is 12.3. The van der Waals surface area contributed by atoms with Gasteiger partial charge in [0.2, 0.25) is 5.91 Å². The number of fused-ring (bicyclic) bond motifs is 1. The second kappa shape index (κ2) is 6.70. The van der Waals surface area contributed by atoms with E-state index in [1.165, 1.54) is 16.9 Å². The first kappa shape index (κ1) is 16.6. The predicted octanol–water partition coefficient (Wildman–Crippen LogP) is 2.72. The number of carbonyl (C=O) groups is 1. The number of aromatic nitrogens is 3. The number of amides is 1. The minimum atomic E-state index is -0.0595. The number of nitrogens with zero attached hydrogens (tertiary/aromatic N) is 4. The number of anilines is 1. The molecule has 1 aromatic carbocycles. The van der Waals surface area contributed by atoms with Gasteiger partial charge in [0.15, 0.2) is 5.13 Å². The lowest BCUT2D eigenvalue weighted by molar-refractivity contribution is -0.117. The van der Waals surface area contributed by atoms with E-state index < -0.39 is 0 Å². The molecule has 24 heavy (non-hydrogen) atoms. The molecule has 7 heteroatoms. The van der Waals surface area contributed by atoms with Gasteiger partial charge in [-0.25, -0.2) is 4.98 Å². The molecule has 6 nitrogen and oxygen atoms in total. The van der Waals surface area contributed by atoms with Crippen LogP contribution in [0.2, 0.25) is 0 Å². The van der Waals surface area contributed by atoms with Crippen LogP contribution < -0.4 is 5.32 Å². The lowest BCUT2D eigenvalue weighted by atomic mass is 10.2. The van der Waals surface area contributed by atoms with E-state index in [4.69, 9.17) is 0 Å². The zero-order chi connectivity index (χ0) is 17.3. The van der Waals surface area contributed by atoms with Crippen molar-refractivity contribution in [2.24, 2.45) is 7.05 Å². The number of hydrogen-bond acceptors (Lipinski definition) is 5.